The number of benzene rings is 2. The topological polar surface area (TPSA) is 92.8 Å². The molecule has 0 bridgehead atoms. The number of hydrogen-bond donors (Lipinski definition) is 1. The Bertz CT molecular complexity index is 959. The summed E-state index contributed by atoms with van der Waals surface area (Å²) in [6, 6.07) is 12.2. The molecule has 27 heavy (non-hydrogen) atoms. The number of imide groups is 2. The van der Waals surface area contributed by atoms with Crippen molar-refractivity contribution in [3.05, 3.63) is 70.8 Å². The van der Waals surface area contributed by atoms with E-state index in [1.54, 1.807) is 36.4 Å². The van der Waals surface area contributed by atoms with E-state index < -0.39 is 23.8 Å². The molecule has 1 aliphatic rings. The third-order valence-corrected chi connectivity index (χ3v) is 4.04. The minimum absolute atomic E-state index is 0.180. The quantitative estimate of drug-likeness (QED) is 0.513. The number of hydrogen-bond acceptors (Lipinski definition) is 5. The number of nitrogens with one attached hydrogen (secondary N) is 1. The first-order chi connectivity index (χ1) is 12.9. The predicted molar refractivity (Wildman–Crippen MR) is 98.0 cm³/mol. The van der Waals surface area contributed by atoms with Gasteiger partial charge in [-0.3, -0.25) is 14.9 Å². The molecule has 3 rings (SSSR count). The van der Waals surface area contributed by atoms with Crippen LogP contribution in [0.1, 0.15) is 21.5 Å². The van der Waals surface area contributed by atoms with E-state index in [1.165, 1.54) is 25.3 Å². The highest BCUT2D eigenvalue weighted by Crippen LogP contribution is 2.22. The molecule has 1 N–H and O–H groups in total. The molecule has 0 spiro atoms. The fourth-order valence-corrected chi connectivity index (χ4v) is 2.59. The molecular formula is C20H16N2O5. The first kappa shape index (κ1) is 18.1. The summed E-state index contributed by atoms with van der Waals surface area (Å²) in [4.78, 5) is 49.4. The molecule has 2 aromatic rings. The molecule has 0 radical (unpaired) electrons. The van der Waals surface area contributed by atoms with Gasteiger partial charge in [0.25, 0.3) is 11.8 Å². The van der Waals surface area contributed by atoms with Crippen LogP contribution in [0.2, 0.25) is 0 Å². The number of barbiturate groups is 1. The highest BCUT2D eigenvalue weighted by atomic mass is 16.5. The zero-order valence-corrected chi connectivity index (χ0v) is 14.7. The average Bonchev–Trinajstić information content (AvgIpc) is 2.66. The molecular weight excluding hydrogens is 348 g/mol. The van der Waals surface area contributed by atoms with Crippen LogP contribution in [-0.4, -0.2) is 30.9 Å². The van der Waals surface area contributed by atoms with Crippen LogP contribution in [0.15, 0.2) is 54.1 Å². The summed E-state index contributed by atoms with van der Waals surface area (Å²) in [5.74, 6) is -1.98. The Labute approximate surface area is 155 Å². The maximum absolute atomic E-state index is 12.8. The van der Waals surface area contributed by atoms with Crippen molar-refractivity contribution in [3.63, 3.8) is 0 Å². The van der Waals surface area contributed by atoms with Crippen molar-refractivity contribution in [3.8, 4) is 0 Å². The molecule has 1 fully saturated rings. The minimum Gasteiger partial charge on any atom is -0.465 e. The number of urea groups is 1. The fraction of sp³-hybridized carbons (Fsp3) is 0.100. The Morgan fingerprint density at radius 3 is 2.22 bits per heavy atom. The smallest absolute Gasteiger partial charge is 0.337 e. The molecule has 4 amide bonds. The molecule has 0 aliphatic carbocycles. The normalized spacial score (nSPS) is 15.7. The molecule has 136 valence electrons. The van der Waals surface area contributed by atoms with Crippen LogP contribution in [-0.2, 0) is 14.3 Å². The number of aryl methyl sites for hydroxylation is 1. The maximum Gasteiger partial charge on any atom is 0.337 e. The number of esters is 1. The van der Waals surface area contributed by atoms with Crippen molar-refractivity contribution in [2.45, 2.75) is 6.92 Å². The van der Waals surface area contributed by atoms with Gasteiger partial charge in [0.2, 0.25) is 0 Å². The fourth-order valence-electron chi connectivity index (χ4n) is 2.59. The molecule has 0 aromatic heterocycles. The van der Waals surface area contributed by atoms with Gasteiger partial charge in [-0.05, 0) is 42.8 Å². The van der Waals surface area contributed by atoms with Gasteiger partial charge in [0.05, 0.1) is 18.4 Å². The Morgan fingerprint density at radius 2 is 1.63 bits per heavy atom. The highest BCUT2D eigenvalue weighted by Gasteiger charge is 2.36. The van der Waals surface area contributed by atoms with Crippen molar-refractivity contribution in [2.24, 2.45) is 0 Å². The molecule has 1 heterocycles. The Morgan fingerprint density at radius 1 is 1.00 bits per heavy atom. The Balaban J connectivity index is 1.94. The monoisotopic (exact) mass is 364 g/mol. The van der Waals surface area contributed by atoms with Crippen molar-refractivity contribution < 1.29 is 23.9 Å². The van der Waals surface area contributed by atoms with Crippen LogP contribution in [0.5, 0.6) is 0 Å². The minimum atomic E-state index is -0.799. The number of nitrogens with zero attached hydrogens (tertiary/aromatic N) is 1. The summed E-state index contributed by atoms with van der Waals surface area (Å²) >= 11 is 0. The first-order valence-electron chi connectivity index (χ1n) is 8.07. The number of carbonyl (C=O) groups excluding carboxylic acids is 4. The summed E-state index contributed by atoms with van der Waals surface area (Å²) in [6.45, 7) is 1.88. The van der Waals surface area contributed by atoms with E-state index in [1.807, 2.05) is 6.92 Å². The zero-order valence-electron chi connectivity index (χ0n) is 14.7. The van der Waals surface area contributed by atoms with Gasteiger partial charge in [0, 0.05) is 0 Å². The van der Waals surface area contributed by atoms with Crippen LogP contribution in [0.3, 0.4) is 0 Å². The van der Waals surface area contributed by atoms with Crippen LogP contribution >= 0.6 is 0 Å². The van der Waals surface area contributed by atoms with E-state index in [0.717, 1.165) is 10.5 Å². The number of ether oxygens (including phenoxy) is 1. The van der Waals surface area contributed by atoms with Gasteiger partial charge in [-0.2, -0.15) is 0 Å². The lowest BCUT2D eigenvalue weighted by molar-refractivity contribution is -0.122. The summed E-state index contributed by atoms with van der Waals surface area (Å²) in [6.07, 6.45) is 1.37. The van der Waals surface area contributed by atoms with Gasteiger partial charge >= 0.3 is 12.0 Å². The Hall–Kier alpha value is -3.74. The van der Waals surface area contributed by atoms with Crippen LogP contribution < -0.4 is 10.2 Å². The summed E-state index contributed by atoms with van der Waals surface area (Å²) in [5, 5.41) is 2.17. The number of carbonyl (C=O) groups is 4. The van der Waals surface area contributed by atoms with Crippen molar-refractivity contribution in [1.29, 1.82) is 0 Å². The lowest BCUT2D eigenvalue weighted by Gasteiger charge is -2.26. The molecule has 1 aliphatic heterocycles. The predicted octanol–water partition coefficient (Wildman–Crippen LogP) is 2.45. The second-order valence-electron chi connectivity index (χ2n) is 5.91. The molecule has 0 saturated carbocycles. The van der Waals surface area contributed by atoms with Crippen molar-refractivity contribution >= 4 is 35.6 Å². The van der Waals surface area contributed by atoms with Gasteiger partial charge in [-0.15, -0.1) is 0 Å². The van der Waals surface area contributed by atoms with Gasteiger partial charge in [0.1, 0.15) is 5.57 Å². The van der Waals surface area contributed by atoms with Crippen molar-refractivity contribution in [1.82, 2.24) is 5.32 Å². The van der Waals surface area contributed by atoms with E-state index in [0.29, 0.717) is 16.8 Å². The van der Waals surface area contributed by atoms with E-state index in [-0.39, 0.29) is 5.57 Å². The summed E-state index contributed by atoms with van der Waals surface area (Å²) in [7, 11) is 1.28. The lowest BCUT2D eigenvalue weighted by atomic mass is 10.1. The SMILES string of the molecule is COC(=O)c1ccc(C=C2C(=O)NC(=O)N(c3ccc(C)cc3)C2=O)cc1. The molecule has 2 aromatic carbocycles. The third kappa shape index (κ3) is 3.62. The van der Waals surface area contributed by atoms with Gasteiger partial charge < -0.3 is 4.74 Å². The van der Waals surface area contributed by atoms with E-state index >= 15 is 0 Å². The standard InChI is InChI=1S/C20H16N2O5/c1-12-3-9-15(10-4-12)22-18(24)16(17(23)21-20(22)26)11-13-5-7-14(8-6-13)19(25)27-2/h3-11H,1-2H3,(H,21,23,26). The second kappa shape index (κ2) is 7.25. The van der Waals surface area contributed by atoms with E-state index in [2.05, 4.69) is 10.1 Å². The Kier molecular flexibility index (Phi) is 4.85. The third-order valence-electron chi connectivity index (χ3n) is 4.04. The number of amides is 4. The average molecular weight is 364 g/mol. The van der Waals surface area contributed by atoms with Crippen LogP contribution in [0.25, 0.3) is 6.08 Å². The highest BCUT2D eigenvalue weighted by molar-refractivity contribution is 6.39. The van der Waals surface area contributed by atoms with E-state index in [9.17, 15) is 19.2 Å². The molecule has 1 saturated heterocycles. The second-order valence-corrected chi connectivity index (χ2v) is 5.91. The molecule has 7 nitrogen and oxygen atoms in total. The molecule has 0 atom stereocenters. The lowest BCUT2D eigenvalue weighted by Crippen LogP contribution is -2.54. The van der Waals surface area contributed by atoms with E-state index in [4.69, 9.17) is 0 Å². The van der Waals surface area contributed by atoms with Crippen LogP contribution in [0, 0.1) is 6.92 Å². The largest absolute Gasteiger partial charge is 0.465 e. The molecule has 7 heteroatoms. The number of rotatable bonds is 3. The molecule has 0 unspecified atom stereocenters. The first-order valence-corrected chi connectivity index (χ1v) is 8.07. The van der Waals surface area contributed by atoms with Crippen molar-refractivity contribution in [2.75, 3.05) is 12.0 Å². The van der Waals surface area contributed by atoms with Gasteiger partial charge in [-0.25, -0.2) is 14.5 Å². The zero-order chi connectivity index (χ0) is 19.6. The summed E-state index contributed by atoms with van der Waals surface area (Å²) in [5.41, 5.74) is 2.03. The number of anilines is 1. The van der Waals surface area contributed by atoms with Crippen LogP contribution in [0.4, 0.5) is 10.5 Å². The van der Waals surface area contributed by atoms with Gasteiger partial charge in [-0.1, -0.05) is 29.8 Å². The summed E-state index contributed by atoms with van der Waals surface area (Å²) < 4.78 is 4.63. The maximum atomic E-state index is 12.8. The number of methoxy groups -OCH3 is 1. The van der Waals surface area contributed by atoms with Gasteiger partial charge in [0.15, 0.2) is 0 Å².